The van der Waals surface area contributed by atoms with Gasteiger partial charge in [0.25, 0.3) is 5.82 Å². The minimum atomic E-state index is 0.855. The minimum Gasteiger partial charge on any atom is -0.226 e. The number of benzene rings is 3. The maximum atomic E-state index is 2.34. The third-order valence-electron chi connectivity index (χ3n) is 5.42. The maximum Gasteiger partial charge on any atom is 0.282 e. The van der Waals surface area contributed by atoms with Crippen LogP contribution in [0.15, 0.2) is 109 Å². The van der Waals surface area contributed by atoms with Crippen molar-refractivity contribution in [2.24, 2.45) is 0 Å². The number of aromatic nitrogens is 2. The first-order valence-corrected chi connectivity index (χ1v) is 10.0. The van der Waals surface area contributed by atoms with Crippen LogP contribution in [0.5, 0.6) is 0 Å². The summed E-state index contributed by atoms with van der Waals surface area (Å²) >= 11 is 0. The van der Waals surface area contributed by atoms with Gasteiger partial charge in [0, 0.05) is 11.6 Å². The summed E-state index contributed by atoms with van der Waals surface area (Å²) in [6.07, 6.45) is 9.04. The van der Waals surface area contributed by atoms with Crippen LogP contribution in [-0.2, 0) is 13.1 Å². The lowest BCUT2D eigenvalue weighted by molar-refractivity contribution is -0.685. The van der Waals surface area contributed by atoms with Gasteiger partial charge in [-0.2, -0.15) is 0 Å². The Morgan fingerprint density at radius 2 is 1.31 bits per heavy atom. The van der Waals surface area contributed by atoms with E-state index in [2.05, 4.69) is 125 Å². The SMILES string of the molecule is C1=C(c2ccccc2)C=C(c2ccccc2)C[n+]2ccn(Cc3ccccc3)c21. The molecule has 0 bridgehead atoms. The van der Waals surface area contributed by atoms with Crippen molar-refractivity contribution in [1.29, 1.82) is 0 Å². The number of nitrogens with zero attached hydrogens (tertiary/aromatic N) is 2. The molecule has 2 heteroatoms. The van der Waals surface area contributed by atoms with E-state index < -0.39 is 0 Å². The molecule has 1 aliphatic rings. The van der Waals surface area contributed by atoms with E-state index in [4.69, 9.17) is 0 Å². The van der Waals surface area contributed by atoms with Crippen molar-refractivity contribution in [1.82, 2.24) is 4.57 Å². The van der Waals surface area contributed by atoms with Crippen LogP contribution in [0.4, 0.5) is 0 Å². The molecule has 1 aliphatic heterocycles. The van der Waals surface area contributed by atoms with Crippen LogP contribution in [0, 0.1) is 0 Å². The zero-order valence-electron chi connectivity index (χ0n) is 16.3. The molecule has 140 valence electrons. The smallest absolute Gasteiger partial charge is 0.226 e. The monoisotopic (exact) mass is 375 g/mol. The minimum absolute atomic E-state index is 0.855. The summed E-state index contributed by atoms with van der Waals surface area (Å²) in [5, 5.41) is 0. The molecule has 0 amide bonds. The Morgan fingerprint density at radius 3 is 2.00 bits per heavy atom. The van der Waals surface area contributed by atoms with Gasteiger partial charge in [-0.25, -0.2) is 9.13 Å². The summed E-state index contributed by atoms with van der Waals surface area (Å²) in [6.45, 7) is 1.72. The molecule has 0 unspecified atom stereocenters. The number of fused-ring (bicyclic) bond motifs is 1. The molecule has 0 radical (unpaired) electrons. The highest BCUT2D eigenvalue weighted by Crippen LogP contribution is 2.27. The lowest BCUT2D eigenvalue weighted by Crippen LogP contribution is -2.35. The van der Waals surface area contributed by atoms with Gasteiger partial charge in [0.2, 0.25) is 0 Å². The molecule has 0 aliphatic carbocycles. The molecule has 0 atom stereocenters. The molecule has 3 aromatic carbocycles. The quantitative estimate of drug-likeness (QED) is 0.419. The van der Waals surface area contributed by atoms with Gasteiger partial charge in [0.05, 0.1) is 0 Å². The predicted octanol–water partition coefficient (Wildman–Crippen LogP) is 5.46. The standard InChI is InChI=1S/C27H23N2/c1-4-10-22(11-5-1)20-28-16-17-29-21-26(24-14-8-3-9-15-24)18-25(19-27(28)29)23-12-6-2-7-13-23/h1-19H,20-21H2/q+1. The van der Waals surface area contributed by atoms with Gasteiger partial charge in [-0.15, -0.1) is 0 Å². The first-order chi connectivity index (χ1) is 14.4. The highest BCUT2D eigenvalue weighted by Gasteiger charge is 2.21. The summed E-state index contributed by atoms with van der Waals surface area (Å²) in [6, 6.07) is 32.0. The van der Waals surface area contributed by atoms with E-state index in [0.29, 0.717) is 0 Å². The topological polar surface area (TPSA) is 8.81 Å². The van der Waals surface area contributed by atoms with Gasteiger partial charge in [0.1, 0.15) is 25.5 Å². The van der Waals surface area contributed by atoms with Crippen LogP contribution < -0.4 is 4.57 Å². The van der Waals surface area contributed by atoms with Crippen molar-refractivity contribution >= 4 is 17.2 Å². The van der Waals surface area contributed by atoms with Crippen LogP contribution in [0.2, 0.25) is 0 Å². The second kappa shape index (κ2) is 7.76. The molecule has 2 nitrogen and oxygen atoms in total. The number of rotatable bonds is 4. The highest BCUT2D eigenvalue weighted by molar-refractivity contribution is 5.92. The summed E-state index contributed by atoms with van der Waals surface area (Å²) in [5.41, 5.74) is 6.37. The molecule has 0 saturated heterocycles. The van der Waals surface area contributed by atoms with Crippen molar-refractivity contribution in [2.75, 3.05) is 0 Å². The Labute approximate surface area is 171 Å². The van der Waals surface area contributed by atoms with E-state index in [1.54, 1.807) is 0 Å². The molecular weight excluding hydrogens is 352 g/mol. The Hall–Kier alpha value is -3.65. The van der Waals surface area contributed by atoms with E-state index in [1.807, 2.05) is 0 Å². The van der Waals surface area contributed by atoms with Gasteiger partial charge in [-0.1, -0.05) is 91.0 Å². The van der Waals surface area contributed by atoms with E-state index in [-0.39, 0.29) is 0 Å². The van der Waals surface area contributed by atoms with E-state index in [9.17, 15) is 0 Å². The van der Waals surface area contributed by atoms with E-state index in [0.717, 1.165) is 13.1 Å². The molecule has 29 heavy (non-hydrogen) atoms. The van der Waals surface area contributed by atoms with E-state index in [1.165, 1.54) is 33.7 Å². The maximum absolute atomic E-state index is 2.34. The summed E-state index contributed by atoms with van der Waals surface area (Å²) in [4.78, 5) is 0. The van der Waals surface area contributed by atoms with Crippen LogP contribution in [0.1, 0.15) is 22.5 Å². The fourth-order valence-corrected chi connectivity index (χ4v) is 3.91. The molecule has 0 spiro atoms. The van der Waals surface area contributed by atoms with Gasteiger partial charge in [-0.05, 0) is 28.3 Å². The lowest BCUT2D eigenvalue weighted by atomic mass is 9.99. The predicted molar refractivity (Wildman–Crippen MR) is 119 cm³/mol. The van der Waals surface area contributed by atoms with E-state index >= 15 is 0 Å². The second-order valence-corrected chi connectivity index (χ2v) is 7.40. The Bertz CT molecular complexity index is 1170. The first kappa shape index (κ1) is 17.4. The fourth-order valence-electron chi connectivity index (χ4n) is 3.91. The molecule has 1 aromatic heterocycles. The summed E-state index contributed by atoms with van der Waals surface area (Å²) in [5.74, 6) is 1.22. The van der Waals surface area contributed by atoms with Gasteiger partial charge in [0.15, 0.2) is 0 Å². The van der Waals surface area contributed by atoms with Crippen molar-refractivity contribution in [3.63, 3.8) is 0 Å². The number of allylic oxidation sites excluding steroid dienone is 3. The Balaban J connectivity index is 1.61. The molecule has 2 heterocycles. The number of hydrogen-bond acceptors (Lipinski definition) is 0. The third-order valence-corrected chi connectivity index (χ3v) is 5.42. The van der Waals surface area contributed by atoms with Gasteiger partial charge in [-0.3, -0.25) is 0 Å². The van der Waals surface area contributed by atoms with Crippen molar-refractivity contribution in [3.8, 4) is 0 Å². The Kier molecular flexibility index (Phi) is 4.67. The second-order valence-electron chi connectivity index (χ2n) is 7.40. The normalized spacial score (nSPS) is 13.2. The lowest BCUT2D eigenvalue weighted by Gasteiger charge is -2.06. The van der Waals surface area contributed by atoms with Gasteiger partial charge >= 0.3 is 0 Å². The molecular formula is C27H23N2+. The molecule has 0 fully saturated rings. The molecule has 0 N–H and O–H groups in total. The zero-order chi connectivity index (χ0) is 19.5. The van der Waals surface area contributed by atoms with Gasteiger partial charge < -0.3 is 0 Å². The fraction of sp³-hybridized carbons (Fsp3) is 0.0741. The summed E-state index contributed by atoms with van der Waals surface area (Å²) in [7, 11) is 0. The molecule has 4 aromatic rings. The van der Waals surface area contributed by atoms with Crippen LogP contribution >= 0.6 is 0 Å². The van der Waals surface area contributed by atoms with Crippen molar-refractivity contribution < 1.29 is 4.57 Å². The van der Waals surface area contributed by atoms with Crippen LogP contribution in [0.3, 0.4) is 0 Å². The van der Waals surface area contributed by atoms with Crippen LogP contribution in [-0.4, -0.2) is 4.57 Å². The van der Waals surface area contributed by atoms with Crippen LogP contribution in [0.25, 0.3) is 17.2 Å². The first-order valence-electron chi connectivity index (χ1n) is 10.0. The third kappa shape index (κ3) is 3.70. The zero-order valence-corrected chi connectivity index (χ0v) is 16.3. The molecule has 5 rings (SSSR count). The van der Waals surface area contributed by atoms with Crippen molar-refractivity contribution in [2.45, 2.75) is 13.1 Å². The average molecular weight is 375 g/mol. The molecule has 0 saturated carbocycles. The van der Waals surface area contributed by atoms with Crippen molar-refractivity contribution in [3.05, 3.63) is 132 Å². The largest absolute Gasteiger partial charge is 0.282 e. The Morgan fingerprint density at radius 1 is 0.690 bits per heavy atom. The highest BCUT2D eigenvalue weighted by atomic mass is 15.1. The number of hydrogen-bond donors (Lipinski definition) is 0. The number of imidazole rings is 1. The summed E-state index contributed by atoms with van der Waals surface area (Å²) < 4.78 is 4.68. The average Bonchev–Trinajstić information content (AvgIpc) is 3.04.